The van der Waals surface area contributed by atoms with Crippen LogP contribution in [0.1, 0.15) is 34.1 Å². The first-order chi connectivity index (χ1) is 17.7. The molecule has 0 radical (unpaired) electrons. The summed E-state index contributed by atoms with van der Waals surface area (Å²) in [5.41, 5.74) is 4.60. The van der Waals surface area contributed by atoms with Crippen LogP contribution in [0.15, 0.2) is 48.5 Å². The predicted molar refractivity (Wildman–Crippen MR) is 142 cm³/mol. The number of rotatable bonds is 6. The number of aryl methyl sites for hydroxylation is 2. The molecular formula is C27H28N4O5S. The molecule has 2 aromatic carbocycles. The van der Waals surface area contributed by atoms with E-state index in [1.54, 1.807) is 36.1 Å². The number of hydrogen-bond donors (Lipinski definition) is 1. The number of nitrogens with one attached hydrogen (secondary N) is 1. The van der Waals surface area contributed by atoms with Gasteiger partial charge in [-0.3, -0.25) is 4.79 Å². The normalized spacial score (nSPS) is 16.6. The van der Waals surface area contributed by atoms with Crippen molar-refractivity contribution < 1.29 is 22.7 Å². The first-order valence-corrected chi connectivity index (χ1v) is 13.7. The van der Waals surface area contributed by atoms with Crippen molar-refractivity contribution in [3.63, 3.8) is 0 Å². The first kappa shape index (κ1) is 24.8. The summed E-state index contributed by atoms with van der Waals surface area (Å²) in [6.45, 7) is 3.81. The second kappa shape index (κ2) is 9.51. The molecule has 4 aromatic rings. The van der Waals surface area contributed by atoms with E-state index in [1.165, 1.54) is 7.11 Å². The Hall–Kier alpha value is -3.92. The Morgan fingerprint density at radius 1 is 1.03 bits per heavy atom. The van der Waals surface area contributed by atoms with E-state index in [4.69, 9.17) is 14.5 Å². The van der Waals surface area contributed by atoms with Crippen LogP contribution in [0, 0.1) is 13.8 Å². The highest BCUT2D eigenvalue weighted by atomic mass is 32.2. The number of sulfone groups is 1. The summed E-state index contributed by atoms with van der Waals surface area (Å²) in [7, 11) is -0.0591. The van der Waals surface area contributed by atoms with Crippen molar-refractivity contribution in [1.82, 2.24) is 14.8 Å². The minimum atomic E-state index is -3.14. The molecule has 1 N–H and O–H groups in total. The van der Waals surface area contributed by atoms with Crippen LogP contribution in [0.2, 0.25) is 0 Å². The van der Waals surface area contributed by atoms with Crippen LogP contribution in [0.25, 0.3) is 22.3 Å². The van der Waals surface area contributed by atoms with Gasteiger partial charge in [0.2, 0.25) is 0 Å². The molecule has 5 rings (SSSR count). The van der Waals surface area contributed by atoms with E-state index in [1.807, 2.05) is 38.1 Å². The van der Waals surface area contributed by atoms with Gasteiger partial charge >= 0.3 is 0 Å². The van der Waals surface area contributed by atoms with Crippen LogP contribution >= 0.6 is 0 Å². The number of nitrogens with zero attached hydrogens (tertiary/aromatic N) is 3. The third kappa shape index (κ3) is 4.76. The van der Waals surface area contributed by atoms with Crippen molar-refractivity contribution in [1.29, 1.82) is 0 Å². The van der Waals surface area contributed by atoms with E-state index in [-0.39, 0.29) is 23.5 Å². The molecule has 3 heterocycles. The number of ether oxygens (including phenoxy) is 2. The first-order valence-electron chi connectivity index (χ1n) is 11.9. The van der Waals surface area contributed by atoms with E-state index in [9.17, 15) is 13.2 Å². The summed E-state index contributed by atoms with van der Waals surface area (Å²) >= 11 is 0. The average molecular weight is 521 g/mol. The molecule has 2 aromatic heterocycles. The number of aromatic nitrogens is 3. The van der Waals surface area contributed by atoms with E-state index in [2.05, 4.69) is 10.4 Å². The fraction of sp³-hybridized carbons (Fsp3) is 0.296. The van der Waals surface area contributed by atoms with Crippen LogP contribution in [-0.4, -0.2) is 54.8 Å². The monoisotopic (exact) mass is 520 g/mol. The number of carbonyl (C=O) groups excluding carboxylic acids is 1. The number of pyridine rings is 1. The lowest BCUT2D eigenvalue weighted by Gasteiger charge is -2.13. The fourth-order valence-electron chi connectivity index (χ4n) is 4.70. The predicted octanol–water partition coefficient (Wildman–Crippen LogP) is 4.34. The summed E-state index contributed by atoms with van der Waals surface area (Å²) in [5.74, 6) is 0.827. The molecule has 1 atom stereocenters. The summed E-state index contributed by atoms with van der Waals surface area (Å²) in [6.07, 6.45) is 0.460. The maximum absolute atomic E-state index is 13.7. The van der Waals surface area contributed by atoms with Crippen LogP contribution < -0.4 is 14.8 Å². The molecule has 0 bridgehead atoms. The standard InChI is InChI=1S/C27H28N4O5S/c1-16-5-7-18(8-6-16)22-14-21(27(32)28-19-9-10-23(35-3)24(13-19)36-4)25-17(2)30-31(26(25)29-22)20-11-12-37(33,34)15-20/h5-10,13-14,20H,11-12,15H2,1-4H3,(H,28,32). The van der Waals surface area contributed by atoms with Crippen molar-refractivity contribution in [2.24, 2.45) is 0 Å². The summed E-state index contributed by atoms with van der Waals surface area (Å²) in [4.78, 5) is 18.5. The van der Waals surface area contributed by atoms with Crippen molar-refractivity contribution in [3.8, 4) is 22.8 Å². The van der Waals surface area contributed by atoms with E-state index >= 15 is 0 Å². The molecule has 0 saturated carbocycles. The number of hydrogen-bond acceptors (Lipinski definition) is 7. The molecule has 1 saturated heterocycles. The van der Waals surface area contributed by atoms with Crippen LogP contribution in [-0.2, 0) is 9.84 Å². The van der Waals surface area contributed by atoms with Gasteiger partial charge in [0.1, 0.15) is 0 Å². The highest BCUT2D eigenvalue weighted by molar-refractivity contribution is 7.91. The Morgan fingerprint density at radius 2 is 1.76 bits per heavy atom. The van der Waals surface area contributed by atoms with Crippen LogP contribution in [0.4, 0.5) is 5.69 Å². The van der Waals surface area contributed by atoms with Crippen molar-refractivity contribution in [2.45, 2.75) is 26.3 Å². The molecular weight excluding hydrogens is 492 g/mol. The van der Waals surface area contributed by atoms with Gasteiger partial charge in [-0.05, 0) is 38.5 Å². The number of carbonyl (C=O) groups is 1. The molecule has 1 aliphatic heterocycles. The molecule has 1 aliphatic rings. The van der Waals surface area contributed by atoms with Crippen molar-refractivity contribution in [3.05, 3.63) is 65.4 Å². The van der Waals surface area contributed by atoms with Gasteiger partial charge < -0.3 is 14.8 Å². The zero-order chi connectivity index (χ0) is 26.3. The van der Waals surface area contributed by atoms with Gasteiger partial charge in [-0.15, -0.1) is 0 Å². The number of anilines is 1. The fourth-order valence-corrected chi connectivity index (χ4v) is 6.39. The quantitative estimate of drug-likeness (QED) is 0.402. The Kier molecular flexibility index (Phi) is 6.36. The second-order valence-electron chi connectivity index (χ2n) is 9.23. The largest absolute Gasteiger partial charge is 0.493 e. The van der Waals surface area contributed by atoms with E-state index < -0.39 is 9.84 Å². The Balaban J connectivity index is 1.64. The zero-order valence-corrected chi connectivity index (χ0v) is 21.9. The Morgan fingerprint density at radius 3 is 2.41 bits per heavy atom. The van der Waals surface area contributed by atoms with Crippen molar-refractivity contribution in [2.75, 3.05) is 31.0 Å². The smallest absolute Gasteiger partial charge is 0.256 e. The van der Waals surface area contributed by atoms with Gasteiger partial charge in [-0.1, -0.05) is 29.8 Å². The van der Waals surface area contributed by atoms with Gasteiger partial charge in [0.25, 0.3) is 5.91 Å². The molecule has 0 aliphatic carbocycles. The molecule has 0 spiro atoms. The van der Waals surface area contributed by atoms with Crippen molar-refractivity contribution >= 4 is 32.5 Å². The summed E-state index contributed by atoms with van der Waals surface area (Å²) in [6, 6.07) is 14.4. The minimum absolute atomic E-state index is 0.00678. The lowest BCUT2D eigenvalue weighted by Crippen LogP contribution is -2.15. The minimum Gasteiger partial charge on any atom is -0.493 e. The second-order valence-corrected chi connectivity index (χ2v) is 11.5. The van der Waals surface area contributed by atoms with Crippen LogP contribution in [0.5, 0.6) is 11.5 Å². The summed E-state index contributed by atoms with van der Waals surface area (Å²) in [5, 5.41) is 8.20. The number of methoxy groups -OCH3 is 2. The lowest BCUT2D eigenvalue weighted by molar-refractivity contribution is 0.102. The average Bonchev–Trinajstić information content (AvgIpc) is 3.42. The van der Waals surface area contributed by atoms with Gasteiger partial charge in [-0.25, -0.2) is 18.1 Å². The highest BCUT2D eigenvalue weighted by Gasteiger charge is 2.32. The molecule has 1 unspecified atom stereocenters. The van der Waals surface area contributed by atoms with Gasteiger partial charge in [-0.2, -0.15) is 5.10 Å². The van der Waals surface area contributed by atoms with E-state index in [0.717, 1.165) is 11.1 Å². The topological polar surface area (TPSA) is 112 Å². The molecule has 1 amide bonds. The van der Waals surface area contributed by atoms with Gasteiger partial charge in [0.05, 0.1) is 54.1 Å². The third-order valence-corrected chi connectivity index (χ3v) is 8.37. The Bertz CT molecular complexity index is 1610. The SMILES string of the molecule is COc1ccc(NC(=O)c2cc(-c3ccc(C)cc3)nc3c2c(C)nn3C2CCS(=O)(=O)C2)cc1OC. The number of benzene rings is 2. The number of fused-ring (bicyclic) bond motifs is 1. The lowest BCUT2D eigenvalue weighted by atomic mass is 10.0. The van der Waals surface area contributed by atoms with Gasteiger partial charge in [0, 0.05) is 17.3 Å². The van der Waals surface area contributed by atoms with Gasteiger partial charge in [0.15, 0.2) is 27.0 Å². The zero-order valence-electron chi connectivity index (χ0n) is 21.1. The maximum Gasteiger partial charge on any atom is 0.256 e. The third-order valence-electron chi connectivity index (χ3n) is 6.62. The van der Waals surface area contributed by atoms with Crippen LogP contribution in [0.3, 0.4) is 0 Å². The maximum atomic E-state index is 13.7. The van der Waals surface area contributed by atoms with E-state index in [0.29, 0.717) is 51.6 Å². The summed E-state index contributed by atoms with van der Waals surface area (Å²) < 4.78 is 36.8. The molecule has 10 heteroatoms. The molecule has 37 heavy (non-hydrogen) atoms. The molecule has 1 fully saturated rings. The number of amides is 1. The highest BCUT2D eigenvalue weighted by Crippen LogP contribution is 2.34. The Labute approximate surface area is 215 Å². The molecule has 192 valence electrons. The molecule has 9 nitrogen and oxygen atoms in total.